The number of benzene rings is 1. The first-order chi connectivity index (χ1) is 10.3. The van der Waals surface area contributed by atoms with Crippen LogP contribution in [0.3, 0.4) is 0 Å². The summed E-state index contributed by atoms with van der Waals surface area (Å²) in [6, 6.07) is 4.78. The number of halogens is 2. The molecule has 1 aromatic carbocycles. The molecule has 0 saturated heterocycles. The van der Waals surface area contributed by atoms with Crippen molar-refractivity contribution < 1.29 is 9.53 Å². The molecule has 1 aromatic heterocycles. The summed E-state index contributed by atoms with van der Waals surface area (Å²) in [5, 5.41) is 0.504. The van der Waals surface area contributed by atoms with E-state index in [2.05, 4.69) is 15.9 Å². The smallest absolute Gasteiger partial charge is 0.329 e. The zero-order chi connectivity index (χ0) is 16.4. The van der Waals surface area contributed by atoms with E-state index in [9.17, 15) is 14.4 Å². The average Bonchev–Trinajstić information content (AvgIpc) is 2.44. The van der Waals surface area contributed by atoms with Crippen LogP contribution < -0.4 is 21.7 Å². The van der Waals surface area contributed by atoms with Gasteiger partial charge in [-0.3, -0.25) is 19.1 Å². The van der Waals surface area contributed by atoms with Crippen LogP contribution in [0.15, 0.2) is 32.3 Å². The lowest BCUT2D eigenvalue weighted by Gasteiger charge is -2.10. The van der Waals surface area contributed by atoms with Crippen molar-refractivity contribution in [3.05, 3.63) is 54.1 Å². The third-order valence-corrected chi connectivity index (χ3v) is 3.76. The van der Waals surface area contributed by atoms with Crippen LogP contribution in [0.25, 0.3) is 0 Å². The number of ether oxygens (including phenoxy) is 1. The molecule has 0 aliphatic carbocycles. The van der Waals surface area contributed by atoms with Crippen molar-refractivity contribution in [3.8, 4) is 5.75 Å². The molecular formula is C13H11BrClN3O4. The van der Waals surface area contributed by atoms with Crippen molar-refractivity contribution in [2.45, 2.75) is 0 Å². The molecule has 0 unspecified atom stereocenters. The van der Waals surface area contributed by atoms with Gasteiger partial charge in [0.05, 0.1) is 4.47 Å². The quantitative estimate of drug-likeness (QED) is 0.769. The van der Waals surface area contributed by atoms with Gasteiger partial charge in [0.1, 0.15) is 17.1 Å². The fraction of sp³-hybridized carbons (Fsp3) is 0.154. The summed E-state index contributed by atoms with van der Waals surface area (Å²) in [6.07, 6.45) is 0. The maximum absolute atomic E-state index is 12.1. The molecule has 0 bridgehead atoms. The normalized spacial score (nSPS) is 10.5. The molecular weight excluding hydrogens is 378 g/mol. The summed E-state index contributed by atoms with van der Waals surface area (Å²) in [5.74, 6) is -0.466. The molecule has 0 amide bonds. The summed E-state index contributed by atoms with van der Waals surface area (Å²) in [4.78, 5) is 37.2. The average molecular weight is 389 g/mol. The Morgan fingerprint density at radius 2 is 2.14 bits per heavy atom. The Morgan fingerprint density at radius 1 is 1.45 bits per heavy atom. The molecule has 3 N–H and O–H groups in total. The van der Waals surface area contributed by atoms with E-state index >= 15 is 0 Å². The van der Waals surface area contributed by atoms with Crippen LogP contribution in [0.4, 0.5) is 5.82 Å². The van der Waals surface area contributed by atoms with Gasteiger partial charge in [-0.1, -0.05) is 11.6 Å². The largest absolute Gasteiger partial charge is 0.484 e. The number of carbonyl (C=O) groups is 1. The SMILES string of the molecule is Cn1c(N)c(C(=O)COc2ccc(Cl)cc2Br)c(=O)[nH]c1=O. The van der Waals surface area contributed by atoms with Crippen molar-refractivity contribution in [1.82, 2.24) is 9.55 Å². The molecule has 0 fully saturated rings. The Balaban J connectivity index is 2.25. The van der Waals surface area contributed by atoms with Crippen LogP contribution in [0.1, 0.15) is 10.4 Å². The highest BCUT2D eigenvalue weighted by Crippen LogP contribution is 2.28. The van der Waals surface area contributed by atoms with E-state index in [-0.39, 0.29) is 11.4 Å². The van der Waals surface area contributed by atoms with Gasteiger partial charge in [0.15, 0.2) is 6.61 Å². The Hall–Kier alpha value is -2.06. The number of carbonyl (C=O) groups excluding carboxylic acids is 1. The molecule has 0 saturated carbocycles. The molecule has 1 heterocycles. The molecule has 0 aliphatic heterocycles. The number of anilines is 1. The van der Waals surface area contributed by atoms with Gasteiger partial charge in [-0.05, 0) is 34.1 Å². The van der Waals surface area contributed by atoms with Gasteiger partial charge in [0.25, 0.3) is 5.56 Å². The van der Waals surface area contributed by atoms with Gasteiger partial charge in [-0.25, -0.2) is 4.79 Å². The van der Waals surface area contributed by atoms with Crippen molar-refractivity contribution in [2.24, 2.45) is 7.05 Å². The van der Waals surface area contributed by atoms with Gasteiger partial charge in [-0.15, -0.1) is 0 Å². The number of ketones is 1. The Bertz CT molecular complexity index is 859. The first kappa shape index (κ1) is 16.3. The number of nitrogens with two attached hydrogens (primary N) is 1. The third-order valence-electron chi connectivity index (χ3n) is 2.90. The second-order valence-electron chi connectivity index (χ2n) is 4.37. The van der Waals surface area contributed by atoms with Crippen molar-refractivity contribution >= 4 is 39.1 Å². The maximum atomic E-state index is 12.1. The van der Waals surface area contributed by atoms with Gasteiger partial charge in [0.2, 0.25) is 5.78 Å². The summed E-state index contributed by atoms with van der Waals surface area (Å²) >= 11 is 9.05. The minimum Gasteiger partial charge on any atom is -0.484 e. The molecule has 7 nitrogen and oxygen atoms in total. The molecule has 0 atom stereocenters. The maximum Gasteiger partial charge on any atom is 0.329 e. The Labute approximate surface area is 137 Å². The first-order valence-electron chi connectivity index (χ1n) is 6.01. The van der Waals surface area contributed by atoms with Crippen LogP contribution >= 0.6 is 27.5 Å². The monoisotopic (exact) mass is 387 g/mol. The number of rotatable bonds is 4. The highest BCUT2D eigenvalue weighted by atomic mass is 79.9. The predicted molar refractivity (Wildman–Crippen MR) is 85.7 cm³/mol. The van der Waals surface area contributed by atoms with E-state index in [1.54, 1.807) is 18.2 Å². The molecule has 0 spiro atoms. The van der Waals surface area contributed by atoms with E-state index < -0.39 is 23.6 Å². The Kier molecular flexibility index (Phi) is 4.72. The minimum absolute atomic E-state index is 0.211. The van der Waals surface area contributed by atoms with Crippen LogP contribution in [0.5, 0.6) is 5.75 Å². The summed E-state index contributed by atoms with van der Waals surface area (Å²) < 4.78 is 6.88. The molecule has 2 rings (SSSR count). The number of nitrogens with one attached hydrogen (secondary N) is 1. The van der Waals surface area contributed by atoms with E-state index in [1.165, 1.54) is 7.05 Å². The van der Waals surface area contributed by atoms with Crippen LogP contribution in [-0.2, 0) is 7.05 Å². The number of nitrogens with zero attached hydrogens (tertiary/aromatic N) is 1. The summed E-state index contributed by atoms with van der Waals surface area (Å²) in [6.45, 7) is -0.411. The van der Waals surface area contributed by atoms with Crippen molar-refractivity contribution in [3.63, 3.8) is 0 Å². The molecule has 0 aliphatic rings. The number of nitrogen functional groups attached to an aromatic ring is 1. The van der Waals surface area contributed by atoms with Gasteiger partial charge < -0.3 is 10.5 Å². The lowest BCUT2D eigenvalue weighted by atomic mass is 10.2. The van der Waals surface area contributed by atoms with E-state index in [4.69, 9.17) is 22.1 Å². The number of aromatic amines is 1. The highest BCUT2D eigenvalue weighted by molar-refractivity contribution is 9.10. The van der Waals surface area contributed by atoms with Gasteiger partial charge in [0, 0.05) is 12.1 Å². The zero-order valence-electron chi connectivity index (χ0n) is 11.4. The highest BCUT2D eigenvalue weighted by Gasteiger charge is 2.19. The number of hydrogen-bond donors (Lipinski definition) is 2. The molecule has 9 heteroatoms. The molecule has 0 radical (unpaired) electrons. The molecule has 22 heavy (non-hydrogen) atoms. The zero-order valence-corrected chi connectivity index (χ0v) is 13.7. The summed E-state index contributed by atoms with van der Waals surface area (Å²) in [5.41, 5.74) is 3.79. The van der Waals surface area contributed by atoms with Crippen LogP contribution in [-0.4, -0.2) is 21.9 Å². The lowest BCUT2D eigenvalue weighted by Crippen LogP contribution is -2.36. The van der Waals surface area contributed by atoms with Crippen LogP contribution in [0, 0.1) is 0 Å². The molecule has 2 aromatic rings. The van der Waals surface area contributed by atoms with Gasteiger partial charge >= 0.3 is 5.69 Å². The van der Waals surface area contributed by atoms with E-state index in [0.717, 1.165) is 4.57 Å². The Morgan fingerprint density at radius 3 is 2.77 bits per heavy atom. The topological polar surface area (TPSA) is 107 Å². The number of H-pyrrole nitrogens is 1. The second-order valence-corrected chi connectivity index (χ2v) is 5.66. The first-order valence-corrected chi connectivity index (χ1v) is 7.18. The second kappa shape index (κ2) is 6.37. The number of hydrogen-bond acceptors (Lipinski definition) is 5. The third kappa shape index (κ3) is 3.23. The summed E-state index contributed by atoms with van der Waals surface area (Å²) in [7, 11) is 1.35. The van der Waals surface area contributed by atoms with E-state index in [1.807, 2.05) is 4.98 Å². The standard InChI is InChI=1S/C13H11BrClN3O4/c1-18-11(16)10(12(20)17-13(18)21)8(19)5-22-9-3-2-6(15)4-7(9)14/h2-4H,5,16H2,1H3,(H,17,20,21). The fourth-order valence-corrected chi connectivity index (χ4v) is 2.51. The van der Waals surface area contributed by atoms with Crippen molar-refractivity contribution in [2.75, 3.05) is 12.3 Å². The predicted octanol–water partition coefficient (Wildman–Crippen LogP) is 1.33. The van der Waals surface area contributed by atoms with E-state index in [0.29, 0.717) is 15.2 Å². The van der Waals surface area contributed by atoms with Gasteiger partial charge in [-0.2, -0.15) is 0 Å². The fourth-order valence-electron chi connectivity index (χ4n) is 1.71. The number of aromatic nitrogens is 2. The van der Waals surface area contributed by atoms with Crippen molar-refractivity contribution in [1.29, 1.82) is 0 Å². The number of Topliss-reactive ketones (excluding diaryl/α,β-unsaturated/α-hetero) is 1. The van der Waals surface area contributed by atoms with Crippen LogP contribution in [0.2, 0.25) is 5.02 Å². The lowest BCUT2D eigenvalue weighted by molar-refractivity contribution is 0.0919. The minimum atomic E-state index is -0.843. The molecule has 116 valence electrons.